The van der Waals surface area contributed by atoms with Gasteiger partial charge >= 0.3 is 0 Å². The third-order valence-electron chi connectivity index (χ3n) is 3.85. The van der Waals surface area contributed by atoms with Gasteiger partial charge in [0.1, 0.15) is 4.64 Å². The van der Waals surface area contributed by atoms with Gasteiger partial charge in [-0.15, -0.1) is 0 Å². The lowest BCUT2D eigenvalue weighted by molar-refractivity contribution is 0.917. The average Bonchev–Trinajstić information content (AvgIpc) is 2.57. The third kappa shape index (κ3) is 3.17. The molecule has 0 N–H and O–H groups in total. The molecule has 0 saturated heterocycles. The Morgan fingerprint density at radius 1 is 1.00 bits per heavy atom. The van der Waals surface area contributed by atoms with E-state index in [4.69, 9.17) is 12.2 Å². The van der Waals surface area contributed by atoms with Crippen LogP contribution in [0.4, 0.5) is 5.69 Å². The molecule has 2 aromatic carbocycles. The van der Waals surface area contributed by atoms with E-state index in [0.29, 0.717) is 0 Å². The second kappa shape index (κ2) is 6.34. The monoisotopic (exact) mass is 321 g/mol. The highest BCUT2D eigenvalue weighted by atomic mass is 32.1. The molecule has 0 amide bonds. The minimum absolute atomic E-state index is 0.741. The molecule has 3 nitrogen and oxygen atoms in total. The van der Waals surface area contributed by atoms with E-state index in [0.717, 1.165) is 26.9 Å². The second-order valence-electron chi connectivity index (χ2n) is 5.67. The van der Waals surface area contributed by atoms with Crippen LogP contribution in [0.25, 0.3) is 23.2 Å². The number of hydrogen-bond acceptors (Lipinski definition) is 3. The van der Waals surface area contributed by atoms with Gasteiger partial charge in [0.05, 0.1) is 16.7 Å². The lowest BCUT2D eigenvalue weighted by Crippen LogP contribution is -2.07. The quantitative estimate of drug-likeness (QED) is 0.661. The van der Waals surface area contributed by atoms with Gasteiger partial charge in [-0.1, -0.05) is 42.6 Å². The number of benzene rings is 2. The van der Waals surface area contributed by atoms with E-state index in [9.17, 15) is 0 Å². The molecule has 116 valence electrons. The summed E-state index contributed by atoms with van der Waals surface area (Å²) in [5.41, 5.74) is 5.12. The summed E-state index contributed by atoms with van der Waals surface area (Å²) in [6, 6.07) is 16.4. The predicted octanol–water partition coefficient (Wildman–Crippen LogP) is 4.54. The van der Waals surface area contributed by atoms with Crippen molar-refractivity contribution in [3.63, 3.8) is 0 Å². The molecule has 0 atom stereocenters. The Bertz CT molecular complexity index is 921. The van der Waals surface area contributed by atoms with E-state index in [1.165, 1.54) is 5.69 Å². The van der Waals surface area contributed by atoms with E-state index in [-0.39, 0.29) is 0 Å². The Morgan fingerprint density at radius 2 is 1.70 bits per heavy atom. The van der Waals surface area contributed by atoms with E-state index < -0.39 is 0 Å². The van der Waals surface area contributed by atoms with Crippen molar-refractivity contribution in [1.82, 2.24) is 9.55 Å². The zero-order valence-electron chi connectivity index (χ0n) is 13.5. The van der Waals surface area contributed by atoms with Crippen molar-refractivity contribution in [3.05, 3.63) is 64.4 Å². The fraction of sp³-hybridized carbons (Fsp3) is 0.158. The van der Waals surface area contributed by atoms with Crippen LogP contribution in [0, 0.1) is 4.64 Å². The van der Waals surface area contributed by atoms with Gasteiger partial charge < -0.3 is 9.47 Å². The highest BCUT2D eigenvalue weighted by Crippen LogP contribution is 2.17. The third-order valence-corrected chi connectivity index (χ3v) is 4.33. The first-order chi connectivity index (χ1) is 11.1. The molecule has 1 aromatic heterocycles. The Labute approximate surface area is 141 Å². The minimum Gasteiger partial charge on any atom is -0.378 e. The van der Waals surface area contributed by atoms with Crippen molar-refractivity contribution in [3.8, 4) is 0 Å². The van der Waals surface area contributed by atoms with Crippen LogP contribution in [0.5, 0.6) is 0 Å². The number of fused-ring (bicyclic) bond motifs is 1. The van der Waals surface area contributed by atoms with Gasteiger partial charge in [0.15, 0.2) is 0 Å². The maximum Gasteiger partial charge on any atom is 0.132 e. The number of aryl methyl sites for hydroxylation is 1. The number of para-hydroxylation sites is 2. The standard InChI is InChI=1S/C19H19N3S/c1-21(2)15-11-8-14(9-12-15)10-13-17-19(23)22(3)18-7-5-4-6-16(18)20-17/h4-13H,1-3H3/b13-10-. The number of rotatable bonds is 3. The van der Waals surface area contributed by atoms with Crippen molar-refractivity contribution in [2.45, 2.75) is 0 Å². The SMILES string of the molecule is CN(C)c1ccc(/C=C\c2nc3ccccc3n(C)c2=S)cc1. The highest BCUT2D eigenvalue weighted by Gasteiger charge is 2.02. The van der Waals surface area contributed by atoms with Gasteiger partial charge in [0.2, 0.25) is 0 Å². The van der Waals surface area contributed by atoms with Gasteiger partial charge in [0.25, 0.3) is 0 Å². The molecule has 0 saturated carbocycles. The largest absolute Gasteiger partial charge is 0.378 e. The smallest absolute Gasteiger partial charge is 0.132 e. The molecular formula is C19H19N3S. The Balaban J connectivity index is 1.97. The number of anilines is 1. The maximum atomic E-state index is 5.53. The molecule has 0 fully saturated rings. The van der Waals surface area contributed by atoms with E-state index in [1.54, 1.807) is 0 Å². The van der Waals surface area contributed by atoms with Crippen molar-refractivity contribution >= 4 is 41.1 Å². The molecule has 0 spiro atoms. The molecule has 1 heterocycles. The van der Waals surface area contributed by atoms with Crippen molar-refractivity contribution in [2.75, 3.05) is 19.0 Å². The summed E-state index contributed by atoms with van der Waals surface area (Å²) in [5.74, 6) is 0. The van der Waals surface area contributed by atoms with E-state index >= 15 is 0 Å². The average molecular weight is 321 g/mol. The van der Waals surface area contributed by atoms with Crippen LogP contribution in [0.2, 0.25) is 0 Å². The summed E-state index contributed by atoms with van der Waals surface area (Å²) in [6.45, 7) is 0. The summed E-state index contributed by atoms with van der Waals surface area (Å²) in [7, 11) is 6.05. The zero-order chi connectivity index (χ0) is 16.4. The molecule has 0 aliphatic heterocycles. The fourth-order valence-corrected chi connectivity index (χ4v) is 2.68. The van der Waals surface area contributed by atoms with Gasteiger partial charge in [0, 0.05) is 26.8 Å². The lowest BCUT2D eigenvalue weighted by Gasteiger charge is -2.11. The van der Waals surface area contributed by atoms with Gasteiger partial charge in [-0.2, -0.15) is 0 Å². The van der Waals surface area contributed by atoms with Crippen LogP contribution in [0.3, 0.4) is 0 Å². The Morgan fingerprint density at radius 3 is 2.39 bits per heavy atom. The van der Waals surface area contributed by atoms with Crippen LogP contribution in [0.1, 0.15) is 11.3 Å². The molecule has 0 radical (unpaired) electrons. The summed E-state index contributed by atoms with van der Waals surface area (Å²) in [6.07, 6.45) is 4.03. The van der Waals surface area contributed by atoms with Crippen molar-refractivity contribution in [1.29, 1.82) is 0 Å². The lowest BCUT2D eigenvalue weighted by atomic mass is 10.1. The number of nitrogens with zero attached hydrogens (tertiary/aromatic N) is 3. The first kappa shape index (κ1) is 15.4. The Hall–Kier alpha value is -2.46. The highest BCUT2D eigenvalue weighted by molar-refractivity contribution is 7.71. The molecule has 0 unspecified atom stereocenters. The summed E-state index contributed by atoms with van der Waals surface area (Å²) < 4.78 is 2.75. The molecule has 0 bridgehead atoms. The van der Waals surface area contributed by atoms with Crippen LogP contribution < -0.4 is 4.90 Å². The minimum atomic E-state index is 0.741. The van der Waals surface area contributed by atoms with Gasteiger partial charge in [-0.25, -0.2) is 4.98 Å². The summed E-state index contributed by atoms with van der Waals surface area (Å²) >= 11 is 5.53. The second-order valence-corrected chi connectivity index (χ2v) is 6.06. The van der Waals surface area contributed by atoms with Crippen LogP contribution in [-0.4, -0.2) is 23.6 Å². The Kier molecular flexibility index (Phi) is 4.26. The maximum absolute atomic E-state index is 5.53. The van der Waals surface area contributed by atoms with E-state index in [2.05, 4.69) is 34.1 Å². The zero-order valence-corrected chi connectivity index (χ0v) is 14.3. The number of hydrogen-bond donors (Lipinski definition) is 0. The number of aromatic nitrogens is 2. The van der Waals surface area contributed by atoms with Crippen LogP contribution >= 0.6 is 12.2 Å². The molecule has 4 heteroatoms. The van der Waals surface area contributed by atoms with Crippen molar-refractivity contribution < 1.29 is 0 Å². The molecule has 0 aliphatic carbocycles. The van der Waals surface area contributed by atoms with Gasteiger partial charge in [-0.3, -0.25) is 0 Å². The molecule has 0 aliphatic rings. The summed E-state index contributed by atoms with van der Waals surface area (Å²) in [5, 5.41) is 0. The van der Waals surface area contributed by atoms with Crippen molar-refractivity contribution in [2.24, 2.45) is 7.05 Å². The van der Waals surface area contributed by atoms with Gasteiger partial charge in [-0.05, 0) is 35.9 Å². The molecule has 3 aromatic rings. The molecule has 23 heavy (non-hydrogen) atoms. The topological polar surface area (TPSA) is 21.1 Å². The first-order valence-electron chi connectivity index (χ1n) is 7.47. The fourth-order valence-electron chi connectivity index (χ4n) is 2.47. The van der Waals surface area contributed by atoms with Crippen LogP contribution in [-0.2, 0) is 7.05 Å². The first-order valence-corrected chi connectivity index (χ1v) is 7.88. The van der Waals surface area contributed by atoms with Crippen LogP contribution in [0.15, 0.2) is 48.5 Å². The predicted molar refractivity (Wildman–Crippen MR) is 101 cm³/mol. The van der Waals surface area contributed by atoms with E-state index in [1.807, 2.05) is 62.1 Å². The summed E-state index contributed by atoms with van der Waals surface area (Å²) in [4.78, 5) is 6.76. The normalized spacial score (nSPS) is 11.3. The molecule has 3 rings (SSSR count). The molecular weight excluding hydrogens is 302 g/mol.